The normalized spacial score (nSPS) is 19.6. The summed E-state index contributed by atoms with van der Waals surface area (Å²) in [5, 5.41) is 4.90. The molecule has 152 valence electrons. The fourth-order valence-electron chi connectivity index (χ4n) is 4.24. The van der Waals surface area contributed by atoms with Crippen molar-refractivity contribution in [2.45, 2.75) is 58.4 Å². The Morgan fingerprint density at radius 1 is 1.14 bits per heavy atom. The molecule has 2 fully saturated rings. The molecule has 0 atom stereocenters. The van der Waals surface area contributed by atoms with Crippen LogP contribution in [0, 0.1) is 5.92 Å². The van der Waals surface area contributed by atoms with Crippen molar-refractivity contribution in [2.75, 3.05) is 31.1 Å². The number of anilines is 1. The van der Waals surface area contributed by atoms with Crippen LogP contribution in [0.5, 0.6) is 0 Å². The third kappa shape index (κ3) is 3.64. The molecular weight excluding hydrogens is 356 g/mol. The number of carbonyl (C=O) groups is 1. The van der Waals surface area contributed by atoms with Gasteiger partial charge < -0.3 is 9.80 Å². The van der Waals surface area contributed by atoms with E-state index < -0.39 is 0 Å². The van der Waals surface area contributed by atoms with Gasteiger partial charge >= 0.3 is 0 Å². The lowest BCUT2D eigenvalue weighted by Crippen LogP contribution is -2.43. The van der Waals surface area contributed by atoms with Gasteiger partial charge in [-0.05, 0) is 52.4 Å². The summed E-state index contributed by atoms with van der Waals surface area (Å²) >= 11 is 0. The molecule has 0 unspecified atom stereocenters. The molecule has 8 nitrogen and oxygen atoms in total. The van der Waals surface area contributed by atoms with Crippen molar-refractivity contribution in [3.63, 3.8) is 0 Å². The Balaban J connectivity index is 1.48. The average Bonchev–Trinajstić information content (AvgIpc) is 3.09. The van der Waals surface area contributed by atoms with E-state index in [1.165, 1.54) is 0 Å². The maximum atomic E-state index is 12.5. The maximum Gasteiger partial charge on any atom is 0.263 e. The highest BCUT2D eigenvalue weighted by molar-refractivity contribution is 5.77. The summed E-state index contributed by atoms with van der Waals surface area (Å²) in [4.78, 5) is 36.4. The number of aromatic nitrogens is 4. The minimum absolute atomic E-state index is 0.142. The minimum atomic E-state index is -0.242. The first-order chi connectivity index (χ1) is 13.3. The first-order valence-electron chi connectivity index (χ1n) is 10.3. The SMILES string of the molecule is CC(C)(C)n1ncc2c(=O)[nH]c(N3CCC(CN4CCCCC4=O)CC3)nc21. The highest BCUT2D eigenvalue weighted by Crippen LogP contribution is 2.24. The number of likely N-dealkylation sites (tertiary alicyclic amines) is 1. The molecule has 2 saturated heterocycles. The van der Waals surface area contributed by atoms with Crippen LogP contribution >= 0.6 is 0 Å². The van der Waals surface area contributed by atoms with Crippen molar-refractivity contribution in [3.8, 4) is 0 Å². The lowest BCUT2D eigenvalue weighted by Gasteiger charge is -2.36. The van der Waals surface area contributed by atoms with Crippen LogP contribution in [0.2, 0.25) is 0 Å². The number of aromatic amines is 1. The Morgan fingerprint density at radius 2 is 1.89 bits per heavy atom. The molecule has 2 aromatic rings. The van der Waals surface area contributed by atoms with Gasteiger partial charge in [0.25, 0.3) is 5.56 Å². The number of nitrogens with one attached hydrogen (secondary N) is 1. The van der Waals surface area contributed by atoms with E-state index in [2.05, 4.69) is 35.8 Å². The van der Waals surface area contributed by atoms with Crippen LogP contribution < -0.4 is 10.5 Å². The molecule has 2 aromatic heterocycles. The molecule has 0 radical (unpaired) electrons. The number of hydrogen-bond acceptors (Lipinski definition) is 5. The molecule has 4 heterocycles. The maximum absolute atomic E-state index is 12.5. The molecule has 0 aliphatic carbocycles. The molecule has 4 rings (SSSR count). The van der Waals surface area contributed by atoms with Crippen LogP contribution in [0.3, 0.4) is 0 Å². The van der Waals surface area contributed by atoms with Crippen LogP contribution in [-0.4, -0.2) is 56.7 Å². The van der Waals surface area contributed by atoms with Crippen molar-refractivity contribution < 1.29 is 4.79 Å². The molecule has 2 aliphatic rings. The number of fused-ring (bicyclic) bond motifs is 1. The summed E-state index contributed by atoms with van der Waals surface area (Å²) < 4.78 is 1.82. The van der Waals surface area contributed by atoms with Crippen molar-refractivity contribution in [1.82, 2.24) is 24.6 Å². The summed E-state index contributed by atoms with van der Waals surface area (Å²) in [6.07, 6.45) is 6.45. The first-order valence-corrected chi connectivity index (χ1v) is 10.3. The van der Waals surface area contributed by atoms with Gasteiger partial charge in [0.2, 0.25) is 11.9 Å². The van der Waals surface area contributed by atoms with Gasteiger partial charge in [-0.15, -0.1) is 0 Å². The first kappa shape index (κ1) is 19.0. The molecule has 28 heavy (non-hydrogen) atoms. The summed E-state index contributed by atoms with van der Waals surface area (Å²) in [6, 6.07) is 0. The third-order valence-corrected chi connectivity index (χ3v) is 5.88. The van der Waals surface area contributed by atoms with Gasteiger partial charge in [-0.2, -0.15) is 10.1 Å². The van der Waals surface area contributed by atoms with Gasteiger partial charge in [0, 0.05) is 32.6 Å². The third-order valence-electron chi connectivity index (χ3n) is 5.88. The van der Waals surface area contributed by atoms with E-state index in [1.54, 1.807) is 6.20 Å². The van der Waals surface area contributed by atoms with E-state index >= 15 is 0 Å². The minimum Gasteiger partial charge on any atom is -0.342 e. The number of rotatable bonds is 3. The smallest absolute Gasteiger partial charge is 0.263 e. The highest BCUT2D eigenvalue weighted by Gasteiger charge is 2.27. The van der Waals surface area contributed by atoms with Crippen LogP contribution in [0.1, 0.15) is 52.9 Å². The molecule has 0 bridgehead atoms. The van der Waals surface area contributed by atoms with Crippen molar-refractivity contribution in [1.29, 1.82) is 0 Å². The van der Waals surface area contributed by atoms with Gasteiger partial charge in [-0.1, -0.05) is 0 Å². The largest absolute Gasteiger partial charge is 0.342 e. The van der Waals surface area contributed by atoms with Crippen molar-refractivity contribution in [3.05, 3.63) is 16.6 Å². The Kier molecular flexibility index (Phi) is 4.89. The topological polar surface area (TPSA) is 87.1 Å². The second-order valence-corrected chi connectivity index (χ2v) is 9.08. The Labute approximate surface area is 164 Å². The zero-order valence-electron chi connectivity index (χ0n) is 17.1. The van der Waals surface area contributed by atoms with Crippen LogP contribution in [0.15, 0.2) is 11.0 Å². The number of piperidine rings is 2. The fraction of sp³-hybridized carbons (Fsp3) is 0.700. The van der Waals surface area contributed by atoms with Crippen LogP contribution in [-0.2, 0) is 10.3 Å². The second-order valence-electron chi connectivity index (χ2n) is 9.08. The molecule has 8 heteroatoms. The highest BCUT2D eigenvalue weighted by atomic mass is 16.2. The number of amides is 1. The lowest BCUT2D eigenvalue weighted by atomic mass is 9.95. The Bertz CT molecular complexity index is 917. The van der Waals surface area contributed by atoms with E-state index in [0.717, 1.165) is 51.9 Å². The standard InChI is InChI=1S/C20H30N6O2/c1-20(2,3)26-17-15(12-21-26)18(28)23-19(22-17)24-10-7-14(8-11-24)13-25-9-5-4-6-16(25)27/h12,14H,4-11,13H2,1-3H3,(H,22,23,28). The number of H-pyrrole nitrogens is 1. The molecule has 0 saturated carbocycles. The zero-order chi connectivity index (χ0) is 19.9. The number of carbonyl (C=O) groups excluding carboxylic acids is 1. The lowest BCUT2D eigenvalue weighted by molar-refractivity contribution is -0.134. The predicted molar refractivity (Wildman–Crippen MR) is 109 cm³/mol. The van der Waals surface area contributed by atoms with Gasteiger partial charge in [0.15, 0.2) is 5.65 Å². The summed E-state index contributed by atoms with van der Waals surface area (Å²) in [5.74, 6) is 1.45. The van der Waals surface area contributed by atoms with E-state index in [4.69, 9.17) is 4.98 Å². The number of hydrogen-bond donors (Lipinski definition) is 1. The van der Waals surface area contributed by atoms with Crippen LogP contribution in [0.25, 0.3) is 11.0 Å². The van der Waals surface area contributed by atoms with Crippen LogP contribution in [0.4, 0.5) is 5.95 Å². The van der Waals surface area contributed by atoms with Gasteiger partial charge in [-0.25, -0.2) is 4.68 Å². The average molecular weight is 387 g/mol. The van der Waals surface area contributed by atoms with Crippen molar-refractivity contribution >= 4 is 22.9 Å². The molecule has 2 aliphatic heterocycles. The zero-order valence-corrected chi connectivity index (χ0v) is 17.1. The quantitative estimate of drug-likeness (QED) is 0.873. The summed E-state index contributed by atoms with van der Waals surface area (Å²) in [7, 11) is 0. The summed E-state index contributed by atoms with van der Waals surface area (Å²) in [5.41, 5.74) is 0.247. The molecule has 0 spiro atoms. The van der Waals surface area contributed by atoms with E-state index in [1.807, 2.05) is 9.58 Å². The molecule has 0 aromatic carbocycles. The predicted octanol–water partition coefficient (Wildman–Crippen LogP) is 2.10. The van der Waals surface area contributed by atoms with E-state index in [-0.39, 0.29) is 11.1 Å². The Morgan fingerprint density at radius 3 is 2.57 bits per heavy atom. The van der Waals surface area contributed by atoms with E-state index in [0.29, 0.717) is 35.2 Å². The molecule has 1 N–H and O–H groups in total. The molecular formula is C20H30N6O2. The van der Waals surface area contributed by atoms with Gasteiger partial charge in [-0.3, -0.25) is 14.6 Å². The van der Waals surface area contributed by atoms with E-state index in [9.17, 15) is 9.59 Å². The second kappa shape index (κ2) is 7.22. The van der Waals surface area contributed by atoms with Gasteiger partial charge in [0.05, 0.1) is 11.7 Å². The fourth-order valence-corrected chi connectivity index (χ4v) is 4.24. The van der Waals surface area contributed by atoms with Crippen molar-refractivity contribution in [2.24, 2.45) is 5.92 Å². The summed E-state index contributed by atoms with van der Waals surface area (Å²) in [6.45, 7) is 9.60. The number of nitrogens with zero attached hydrogens (tertiary/aromatic N) is 5. The molecule has 1 amide bonds. The van der Waals surface area contributed by atoms with Gasteiger partial charge in [0.1, 0.15) is 5.39 Å². The Hall–Kier alpha value is -2.38. The monoisotopic (exact) mass is 386 g/mol.